The van der Waals surface area contributed by atoms with Gasteiger partial charge in [-0.05, 0) is 84.4 Å². The number of morpholine rings is 1. The number of halogens is 1. The Bertz CT molecular complexity index is 1170. The first-order valence-electron chi connectivity index (χ1n) is 11.0. The number of hydrogen-bond donors (Lipinski definition) is 0. The molecule has 0 N–H and O–H groups in total. The molecule has 4 rings (SSSR count). The van der Waals surface area contributed by atoms with Gasteiger partial charge in [0.05, 0.1) is 30.4 Å². The fraction of sp³-hybridized carbons (Fsp3) is 0.375. The van der Waals surface area contributed by atoms with Gasteiger partial charge in [0.25, 0.3) is 11.1 Å². The number of hydrogen-bond acceptors (Lipinski definition) is 7. The van der Waals surface area contributed by atoms with Gasteiger partial charge in [0.15, 0.2) is 0 Å². The normalized spacial score (nSPS) is 17.7. The standard InChI is InChI=1S/C24H26BrN3O5S/c1-4-33-22(29)14-27-23(30)21(34-24(27)31)12-17-11-15(2)28(16(17)3)18-5-6-20(19(25)13-18)26-7-9-32-10-8-26/h5-6,11-13H,4,7-10,14H2,1-3H3/b21-12-. The highest BCUT2D eigenvalue weighted by Gasteiger charge is 2.36. The molecule has 0 aliphatic carbocycles. The third kappa shape index (κ3) is 4.94. The largest absolute Gasteiger partial charge is 0.465 e. The average Bonchev–Trinajstić information content (AvgIpc) is 3.23. The minimum atomic E-state index is -0.602. The molecule has 10 heteroatoms. The van der Waals surface area contributed by atoms with Gasteiger partial charge in [-0.25, -0.2) is 0 Å². The Morgan fingerprint density at radius 2 is 1.94 bits per heavy atom. The first kappa shape index (κ1) is 24.6. The first-order chi connectivity index (χ1) is 16.3. The van der Waals surface area contributed by atoms with Gasteiger partial charge in [-0.2, -0.15) is 0 Å². The van der Waals surface area contributed by atoms with E-state index in [1.807, 2.05) is 19.9 Å². The number of esters is 1. The molecular weight excluding hydrogens is 522 g/mol. The number of carbonyl (C=O) groups excluding carboxylic acids is 3. The zero-order valence-corrected chi connectivity index (χ0v) is 21.7. The molecule has 1 aromatic heterocycles. The van der Waals surface area contributed by atoms with Gasteiger partial charge in [0, 0.05) is 34.6 Å². The average molecular weight is 548 g/mol. The Morgan fingerprint density at radius 1 is 1.21 bits per heavy atom. The number of nitrogens with zero attached hydrogens (tertiary/aromatic N) is 3. The van der Waals surface area contributed by atoms with Gasteiger partial charge >= 0.3 is 5.97 Å². The van der Waals surface area contributed by atoms with Crippen molar-refractivity contribution >= 4 is 56.6 Å². The molecule has 2 saturated heterocycles. The lowest BCUT2D eigenvalue weighted by Gasteiger charge is -2.30. The number of amides is 2. The summed E-state index contributed by atoms with van der Waals surface area (Å²) in [6.45, 7) is 8.63. The van der Waals surface area contributed by atoms with Gasteiger partial charge in [-0.3, -0.25) is 19.3 Å². The van der Waals surface area contributed by atoms with Crippen LogP contribution >= 0.6 is 27.7 Å². The molecule has 8 nitrogen and oxygen atoms in total. The number of anilines is 1. The van der Waals surface area contributed by atoms with Crippen LogP contribution in [0.4, 0.5) is 10.5 Å². The number of aryl methyl sites for hydroxylation is 1. The van der Waals surface area contributed by atoms with Crippen LogP contribution in [-0.4, -0.2) is 66.0 Å². The summed E-state index contributed by atoms with van der Waals surface area (Å²) in [7, 11) is 0. The molecule has 2 aliphatic rings. The quantitative estimate of drug-likeness (QED) is 0.394. The number of rotatable bonds is 6. The summed E-state index contributed by atoms with van der Waals surface area (Å²) in [6, 6.07) is 8.25. The number of ether oxygens (including phenoxy) is 2. The number of carbonyl (C=O) groups is 3. The van der Waals surface area contributed by atoms with Crippen LogP contribution in [0.5, 0.6) is 0 Å². The maximum absolute atomic E-state index is 12.7. The Hall–Kier alpha value is -2.56. The van der Waals surface area contributed by atoms with E-state index in [-0.39, 0.29) is 13.2 Å². The van der Waals surface area contributed by atoms with Gasteiger partial charge in [-0.1, -0.05) is 0 Å². The van der Waals surface area contributed by atoms with Crippen LogP contribution in [0.15, 0.2) is 33.6 Å². The van der Waals surface area contributed by atoms with E-state index in [1.54, 1.807) is 13.0 Å². The minimum absolute atomic E-state index is 0.195. The van der Waals surface area contributed by atoms with Crippen LogP contribution < -0.4 is 4.90 Å². The maximum atomic E-state index is 12.7. The highest BCUT2D eigenvalue weighted by molar-refractivity contribution is 9.10. The van der Waals surface area contributed by atoms with Gasteiger partial charge < -0.3 is 18.9 Å². The fourth-order valence-corrected chi connectivity index (χ4v) is 5.59. The molecule has 0 saturated carbocycles. The molecule has 0 atom stereocenters. The summed E-state index contributed by atoms with van der Waals surface area (Å²) in [4.78, 5) is 40.3. The summed E-state index contributed by atoms with van der Waals surface area (Å²) >= 11 is 4.56. The summed E-state index contributed by atoms with van der Waals surface area (Å²) < 4.78 is 13.4. The molecule has 2 aliphatic heterocycles. The maximum Gasteiger partial charge on any atom is 0.326 e. The number of imide groups is 1. The predicted molar refractivity (Wildman–Crippen MR) is 135 cm³/mol. The second-order valence-corrected chi connectivity index (χ2v) is 9.82. The highest BCUT2D eigenvalue weighted by Crippen LogP contribution is 2.35. The third-order valence-corrected chi connectivity index (χ3v) is 7.31. The molecule has 1 aromatic carbocycles. The predicted octanol–water partition coefficient (Wildman–Crippen LogP) is 4.29. The summed E-state index contributed by atoms with van der Waals surface area (Å²) in [6.07, 6.45) is 1.71. The van der Waals surface area contributed by atoms with E-state index in [2.05, 4.69) is 43.6 Å². The summed E-state index contributed by atoms with van der Waals surface area (Å²) in [5.74, 6) is -1.08. The number of benzene rings is 1. The van der Waals surface area contributed by atoms with Crippen LogP contribution in [0.2, 0.25) is 0 Å². The summed E-state index contributed by atoms with van der Waals surface area (Å²) in [5.41, 5.74) is 4.91. The number of thioether (sulfide) groups is 1. The van der Waals surface area contributed by atoms with E-state index in [0.717, 1.165) is 75.8 Å². The second kappa shape index (κ2) is 10.4. The Balaban J connectivity index is 1.59. The molecule has 180 valence electrons. The van der Waals surface area contributed by atoms with Crippen molar-refractivity contribution in [3.63, 3.8) is 0 Å². The van der Waals surface area contributed by atoms with Gasteiger partial charge in [-0.15, -0.1) is 0 Å². The fourth-order valence-electron chi connectivity index (χ4n) is 4.14. The van der Waals surface area contributed by atoms with Crippen molar-refractivity contribution < 1.29 is 23.9 Å². The molecule has 2 aromatic rings. The zero-order valence-electron chi connectivity index (χ0n) is 19.3. The molecule has 2 amide bonds. The van der Waals surface area contributed by atoms with Crippen molar-refractivity contribution in [2.45, 2.75) is 20.8 Å². The summed E-state index contributed by atoms with van der Waals surface area (Å²) in [5, 5.41) is -0.472. The lowest BCUT2D eigenvalue weighted by Crippen LogP contribution is -2.36. The van der Waals surface area contributed by atoms with Crippen LogP contribution in [0.25, 0.3) is 11.8 Å². The molecule has 34 heavy (non-hydrogen) atoms. The Labute approximate surface area is 211 Å². The van der Waals surface area contributed by atoms with Crippen molar-refractivity contribution in [2.24, 2.45) is 0 Å². The molecule has 3 heterocycles. The smallest absolute Gasteiger partial charge is 0.326 e. The highest BCUT2D eigenvalue weighted by atomic mass is 79.9. The Kier molecular flexibility index (Phi) is 7.49. The van der Waals surface area contributed by atoms with Crippen LogP contribution in [0.3, 0.4) is 0 Å². The number of aromatic nitrogens is 1. The van der Waals surface area contributed by atoms with E-state index >= 15 is 0 Å². The monoisotopic (exact) mass is 547 g/mol. The van der Waals surface area contributed by atoms with Crippen LogP contribution in [0.1, 0.15) is 23.9 Å². The SMILES string of the molecule is CCOC(=O)CN1C(=O)S/C(=C\c2cc(C)n(-c3ccc(N4CCOCC4)c(Br)c3)c2C)C1=O. The molecular formula is C24H26BrN3O5S. The molecule has 0 radical (unpaired) electrons. The van der Waals surface area contributed by atoms with Crippen molar-refractivity contribution in [2.75, 3.05) is 44.4 Å². The van der Waals surface area contributed by atoms with Gasteiger partial charge in [0.2, 0.25) is 0 Å². The van der Waals surface area contributed by atoms with E-state index in [0.29, 0.717) is 4.91 Å². The van der Waals surface area contributed by atoms with E-state index in [9.17, 15) is 14.4 Å². The van der Waals surface area contributed by atoms with Crippen molar-refractivity contribution in [3.8, 4) is 5.69 Å². The van der Waals surface area contributed by atoms with E-state index in [1.165, 1.54) is 0 Å². The second-order valence-electron chi connectivity index (χ2n) is 7.97. The van der Waals surface area contributed by atoms with E-state index < -0.39 is 17.1 Å². The third-order valence-electron chi connectivity index (χ3n) is 5.76. The lowest BCUT2D eigenvalue weighted by molar-refractivity contribution is -0.145. The van der Waals surface area contributed by atoms with Crippen LogP contribution in [-0.2, 0) is 19.1 Å². The topological polar surface area (TPSA) is 81.1 Å². The van der Waals surface area contributed by atoms with Crippen LogP contribution in [0, 0.1) is 13.8 Å². The molecule has 2 fully saturated rings. The first-order valence-corrected chi connectivity index (χ1v) is 12.6. The zero-order chi connectivity index (χ0) is 24.4. The molecule has 0 unspecified atom stereocenters. The molecule has 0 spiro atoms. The lowest BCUT2D eigenvalue weighted by atomic mass is 10.2. The Morgan fingerprint density at radius 3 is 2.62 bits per heavy atom. The minimum Gasteiger partial charge on any atom is -0.465 e. The van der Waals surface area contributed by atoms with Gasteiger partial charge in [0.1, 0.15) is 6.54 Å². The van der Waals surface area contributed by atoms with Crippen molar-refractivity contribution in [1.29, 1.82) is 0 Å². The van der Waals surface area contributed by atoms with Crippen molar-refractivity contribution in [1.82, 2.24) is 9.47 Å². The van der Waals surface area contributed by atoms with E-state index in [4.69, 9.17) is 9.47 Å². The molecule has 0 bridgehead atoms. The van der Waals surface area contributed by atoms with Crippen molar-refractivity contribution in [3.05, 3.63) is 50.6 Å².